The molecule has 0 atom stereocenters. The highest BCUT2D eigenvalue weighted by atomic mass is 16.7. The third kappa shape index (κ3) is 1.85. The Balaban J connectivity index is 1.94. The van der Waals surface area contributed by atoms with Gasteiger partial charge in [-0.15, -0.1) is 0 Å². The van der Waals surface area contributed by atoms with Crippen molar-refractivity contribution in [3.63, 3.8) is 0 Å². The normalized spacial score (nSPS) is 13.3. The molecule has 0 aliphatic carbocycles. The summed E-state index contributed by atoms with van der Waals surface area (Å²) >= 11 is 0. The second kappa shape index (κ2) is 4.48. The number of fused-ring (bicyclic) bond motifs is 2. The average Bonchev–Trinajstić information content (AvgIpc) is 3.10. The Morgan fingerprint density at radius 1 is 1.19 bits per heavy atom. The molecule has 1 aromatic carbocycles. The van der Waals surface area contributed by atoms with Crippen LogP contribution in [0.2, 0.25) is 0 Å². The first-order valence-corrected chi connectivity index (χ1v) is 7.01. The van der Waals surface area contributed by atoms with Crippen LogP contribution in [0.4, 0.5) is 0 Å². The first-order valence-electron chi connectivity index (χ1n) is 7.01. The highest BCUT2D eigenvalue weighted by molar-refractivity contribution is 5.69. The van der Waals surface area contributed by atoms with E-state index >= 15 is 0 Å². The number of hydrogen-bond donors (Lipinski definition) is 0. The first kappa shape index (κ1) is 12.2. The van der Waals surface area contributed by atoms with E-state index in [0.29, 0.717) is 6.04 Å². The molecule has 0 spiro atoms. The van der Waals surface area contributed by atoms with Gasteiger partial charge in [-0.05, 0) is 38.1 Å². The van der Waals surface area contributed by atoms with Gasteiger partial charge in [-0.2, -0.15) is 4.57 Å². The van der Waals surface area contributed by atoms with Crippen molar-refractivity contribution < 1.29 is 14.0 Å². The fourth-order valence-electron chi connectivity index (χ4n) is 2.65. The van der Waals surface area contributed by atoms with Gasteiger partial charge < -0.3 is 9.47 Å². The molecule has 0 bridgehead atoms. The van der Waals surface area contributed by atoms with Gasteiger partial charge >= 0.3 is 0 Å². The van der Waals surface area contributed by atoms with E-state index in [-0.39, 0.29) is 6.79 Å². The largest absolute Gasteiger partial charge is 0.454 e. The molecule has 0 fully saturated rings. The first-order chi connectivity index (χ1) is 10.2. The molecule has 5 nitrogen and oxygen atoms in total. The number of imidazole rings is 1. The molecule has 0 N–H and O–H groups in total. The van der Waals surface area contributed by atoms with Gasteiger partial charge in [-0.25, -0.2) is 9.55 Å². The van der Waals surface area contributed by atoms with Gasteiger partial charge in [0.1, 0.15) is 5.69 Å². The smallest absolute Gasteiger partial charge is 0.273 e. The summed E-state index contributed by atoms with van der Waals surface area (Å²) in [5, 5.41) is 0. The van der Waals surface area contributed by atoms with E-state index < -0.39 is 0 Å². The molecule has 3 aromatic rings. The lowest BCUT2D eigenvalue weighted by Crippen LogP contribution is -2.34. The molecule has 1 aliphatic rings. The number of nitrogens with zero attached hydrogens (tertiary/aromatic N) is 3. The predicted octanol–water partition coefficient (Wildman–Crippen LogP) is 2.62. The molecule has 21 heavy (non-hydrogen) atoms. The molecule has 0 amide bonds. The second-order valence-electron chi connectivity index (χ2n) is 5.37. The van der Waals surface area contributed by atoms with E-state index in [0.717, 1.165) is 28.4 Å². The zero-order chi connectivity index (χ0) is 14.4. The van der Waals surface area contributed by atoms with Crippen molar-refractivity contribution in [1.82, 2.24) is 9.55 Å². The molecule has 106 valence electrons. The number of rotatable bonds is 2. The van der Waals surface area contributed by atoms with Gasteiger partial charge in [-0.3, -0.25) is 0 Å². The van der Waals surface area contributed by atoms with Gasteiger partial charge in [0.05, 0.1) is 6.04 Å². The fourth-order valence-corrected chi connectivity index (χ4v) is 2.65. The summed E-state index contributed by atoms with van der Waals surface area (Å²) in [5.41, 5.74) is 3.07. The lowest BCUT2D eigenvalue weighted by atomic mass is 10.2. The van der Waals surface area contributed by atoms with Crippen molar-refractivity contribution >= 4 is 11.2 Å². The standard InChI is InChI=1S/C16H16N3O2/c1-11(2)18-9-19(16-13(18)4-3-7-17-16)12-5-6-14-15(8-12)21-10-20-14/h3-9,11H,10H2,1-2H3/q+1. The van der Waals surface area contributed by atoms with Crippen LogP contribution in [0.25, 0.3) is 16.9 Å². The number of ether oxygens (including phenoxy) is 2. The van der Waals surface area contributed by atoms with E-state index in [1.165, 1.54) is 0 Å². The molecule has 0 saturated heterocycles. The molecule has 2 aromatic heterocycles. The van der Waals surface area contributed by atoms with Crippen molar-refractivity contribution in [2.75, 3.05) is 6.79 Å². The van der Waals surface area contributed by atoms with Gasteiger partial charge in [-0.1, -0.05) is 0 Å². The van der Waals surface area contributed by atoms with Crippen LogP contribution in [-0.4, -0.2) is 16.3 Å². The van der Waals surface area contributed by atoms with Gasteiger partial charge in [0.2, 0.25) is 6.79 Å². The number of benzene rings is 1. The molecule has 3 heterocycles. The lowest BCUT2D eigenvalue weighted by molar-refractivity contribution is -0.691. The van der Waals surface area contributed by atoms with E-state index in [9.17, 15) is 0 Å². The van der Waals surface area contributed by atoms with Crippen molar-refractivity contribution in [2.45, 2.75) is 19.9 Å². The van der Waals surface area contributed by atoms with E-state index in [1.807, 2.05) is 30.5 Å². The maximum absolute atomic E-state index is 5.46. The van der Waals surface area contributed by atoms with Crippen molar-refractivity contribution in [3.8, 4) is 17.2 Å². The van der Waals surface area contributed by atoms with E-state index in [2.05, 4.69) is 40.4 Å². The highest BCUT2D eigenvalue weighted by Crippen LogP contribution is 2.34. The fraction of sp³-hybridized carbons (Fsp3) is 0.250. The average molecular weight is 282 g/mol. The minimum absolute atomic E-state index is 0.287. The van der Waals surface area contributed by atoms with Crippen molar-refractivity contribution in [1.29, 1.82) is 0 Å². The van der Waals surface area contributed by atoms with Crippen LogP contribution in [0.3, 0.4) is 0 Å². The molecule has 0 saturated carbocycles. The third-order valence-corrected chi connectivity index (χ3v) is 3.70. The third-order valence-electron chi connectivity index (χ3n) is 3.70. The molecular formula is C16H16N3O2+. The number of pyridine rings is 1. The van der Waals surface area contributed by atoms with Gasteiger partial charge in [0.25, 0.3) is 12.0 Å². The molecule has 5 heteroatoms. The summed E-state index contributed by atoms with van der Waals surface area (Å²) in [6.45, 7) is 4.61. The number of hydrogen-bond acceptors (Lipinski definition) is 3. The highest BCUT2D eigenvalue weighted by Gasteiger charge is 2.22. The van der Waals surface area contributed by atoms with E-state index in [4.69, 9.17) is 9.47 Å². The van der Waals surface area contributed by atoms with Crippen molar-refractivity contribution in [3.05, 3.63) is 42.9 Å². The van der Waals surface area contributed by atoms with Crippen LogP contribution in [0.1, 0.15) is 19.9 Å². The summed E-state index contributed by atoms with van der Waals surface area (Å²) in [7, 11) is 0. The quantitative estimate of drug-likeness (QED) is 0.678. The summed E-state index contributed by atoms with van der Waals surface area (Å²) in [6.07, 6.45) is 3.90. The van der Waals surface area contributed by atoms with Crippen LogP contribution >= 0.6 is 0 Å². The molecule has 0 unspecified atom stereocenters. The topological polar surface area (TPSA) is 40.2 Å². The summed E-state index contributed by atoms with van der Waals surface area (Å²) in [4.78, 5) is 4.52. The molecular weight excluding hydrogens is 266 g/mol. The predicted molar refractivity (Wildman–Crippen MR) is 77.8 cm³/mol. The Morgan fingerprint density at radius 3 is 2.90 bits per heavy atom. The Hall–Kier alpha value is -2.56. The Morgan fingerprint density at radius 2 is 2.05 bits per heavy atom. The Kier molecular flexibility index (Phi) is 2.60. The number of aromatic nitrogens is 3. The minimum Gasteiger partial charge on any atom is -0.454 e. The molecule has 1 aliphatic heterocycles. The maximum atomic E-state index is 5.46. The van der Waals surface area contributed by atoms with E-state index in [1.54, 1.807) is 0 Å². The van der Waals surface area contributed by atoms with Crippen molar-refractivity contribution in [2.24, 2.45) is 0 Å². The Labute approximate surface area is 122 Å². The zero-order valence-electron chi connectivity index (χ0n) is 12.0. The second-order valence-corrected chi connectivity index (χ2v) is 5.37. The summed E-state index contributed by atoms with van der Waals surface area (Å²) in [5.74, 6) is 1.57. The SMILES string of the molecule is CC(C)[n+]1cn(-c2ccc3c(c2)OCO3)c2ncccc21. The van der Waals surface area contributed by atoms with Crippen LogP contribution in [0.15, 0.2) is 42.9 Å². The van der Waals surface area contributed by atoms with Gasteiger partial charge in [0.15, 0.2) is 17.0 Å². The monoisotopic (exact) mass is 282 g/mol. The zero-order valence-corrected chi connectivity index (χ0v) is 12.0. The maximum Gasteiger partial charge on any atom is 0.273 e. The summed E-state index contributed by atoms with van der Waals surface area (Å²) in [6, 6.07) is 10.4. The Bertz CT molecular complexity index is 824. The minimum atomic E-state index is 0.287. The van der Waals surface area contributed by atoms with Crippen LogP contribution in [-0.2, 0) is 0 Å². The lowest BCUT2D eigenvalue weighted by Gasteiger charge is -2.00. The van der Waals surface area contributed by atoms with Crippen LogP contribution < -0.4 is 14.0 Å². The molecule has 0 radical (unpaired) electrons. The van der Waals surface area contributed by atoms with Crippen LogP contribution in [0, 0.1) is 0 Å². The van der Waals surface area contributed by atoms with Crippen LogP contribution in [0.5, 0.6) is 11.5 Å². The molecule has 4 rings (SSSR count). The summed E-state index contributed by atoms with van der Waals surface area (Å²) < 4.78 is 15.1. The van der Waals surface area contributed by atoms with Gasteiger partial charge in [0, 0.05) is 12.3 Å².